The second kappa shape index (κ2) is 6.42. The second-order valence-electron chi connectivity index (χ2n) is 5.98. The molecular formula is C16H22ClFN2. The van der Waals surface area contributed by atoms with Crippen LogP contribution in [0.25, 0.3) is 0 Å². The zero-order chi connectivity index (χ0) is 13.9. The first-order valence-corrected chi connectivity index (χ1v) is 8.03. The Hall–Kier alpha value is -0.640. The van der Waals surface area contributed by atoms with E-state index in [1.54, 1.807) is 12.1 Å². The standard InChI is InChI=1S/C16H22ClFN2/c17-13-7-6-12(10-14(13)18)11-20-9-2-1-5-16(20)15-4-3-8-19-15/h6-7,10,15-16,19H,1-5,8-9,11H2. The average Bonchev–Trinajstić information content (AvgIpc) is 2.97. The summed E-state index contributed by atoms with van der Waals surface area (Å²) >= 11 is 5.76. The summed E-state index contributed by atoms with van der Waals surface area (Å²) in [5, 5.41) is 3.84. The number of piperidine rings is 1. The van der Waals surface area contributed by atoms with Crippen LogP contribution in [-0.4, -0.2) is 30.1 Å². The summed E-state index contributed by atoms with van der Waals surface area (Å²) < 4.78 is 13.6. The molecule has 1 aromatic carbocycles. The van der Waals surface area contributed by atoms with Gasteiger partial charge in [0.2, 0.25) is 0 Å². The highest BCUT2D eigenvalue weighted by atomic mass is 35.5. The van der Waals surface area contributed by atoms with Crippen LogP contribution in [-0.2, 0) is 6.54 Å². The molecule has 2 heterocycles. The third-order valence-corrected chi connectivity index (χ3v) is 4.90. The highest BCUT2D eigenvalue weighted by Crippen LogP contribution is 2.26. The SMILES string of the molecule is Fc1cc(CN2CCCCC2C2CCCN2)ccc1Cl. The van der Waals surface area contributed by atoms with Gasteiger partial charge in [-0.25, -0.2) is 4.39 Å². The molecule has 0 amide bonds. The van der Waals surface area contributed by atoms with Crippen LogP contribution >= 0.6 is 11.6 Å². The van der Waals surface area contributed by atoms with Crippen LogP contribution in [0.3, 0.4) is 0 Å². The fraction of sp³-hybridized carbons (Fsp3) is 0.625. The first-order chi connectivity index (χ1) is 9.74. The summed E-state index contributed by atoms with van der Waals surface area (Å²) in [4.78, 5) is 2.52. The monoisotopic (exact) mass is 296 g/mol. The second-order valence-corrected chi connectivity index (χ2v) is 6.39. The van der Waals surface area contributed by atoms with E-state index in [4.69, 9.17) is 11.6 Å². The molecule has 2 atom stereocenters. The number of halogens is 2. The zero-order valence-electron chi connectivity index (χ0n) is 11.7. The summed E-state index contributed by atoms with van der Waals surface area (Å²) in [7, 11) is 0. The van der Waals surface area contributed by atoms with Crippen molar-refractivity contribution < 1.29 is 4.39 Å². The summed E-state index contributed by atoms with van der Waals surface area (Å²) in [6, 6.07) is 6.41. The predicted molar refractivity (Wildman–Crippen MR) is 80.5 cm³/mol. The van der Waals surface area contributed by atoms with E-state index in [-0.39, 0.29) is 10.8 Å². The number of hydrogen-bond acceptors (Lipinski definition) is 2. The highest BCUT2D eigenvalue weighted by Gasteiger charge is 2.31. The van der Waals surface area contributed by atoms with Crippen LogP contribution in [0.15, 0.2) is 18.2 Å². The number of rotatable bonds is 3. The summed E-state index contributed by atoms with van der Waals surface area (Å²) in [6.45, 7) is 3.09. The molecule has 2 unspecified atom stereocenters. The summed E-state index contributed by atoms with van der Waals surface area (Å²) in [6.07, 6.45) is 6.38. The van der Waals surface area contributed by atoms with Crippen molar-refractivity contribution in [2.75, 3.05) is 13.1 Å². The third kappa shape index (κ3) is 3.16. The highest BCUT2D eigenvalue weighted by molar-refractivity contribution is 6.30. The molecule has 4 heteroatoms. The van der Waals surface area contributed by atoms with Gasteiger partial charge >= 0.3 is 0 Å². The molecule has 0 spiro atoms. The molecule has 20 heavy (non-hydrogen) atoms. The number of nitrogens with one attached hydrogen (secondary N) is 1. The number of likely N-dealkylation sites (tertiary alicyclic amines) is 1. The van der Waals surface area contributed by atoms with Gasteiger partial charge in [0.25, 0.3) is 0 Å². The zero-order valence-corrected chi connectivity index (χ0v) is 12.5. The van der Waals surface area contributed by atoms with Gasteiger partial charge in [0.05, 0.1) is 5.02 Å². The smallest absolute Gasteiger partial charge is 0.142 e. The van der Waals surface area contributed by atoms with E-state index in [1.165, 1.54) is 32.1 Å². The Balaban J connectivity index is 1.71. The van der Waals surface area contributed by atoms with Crippen LogP contribution in [0.2, 0.25) is 5.02 Å². The minimum Gasteiger partial charge on any atom is -0.312 e. The molecule has 2 fully saturated rings. The van der Waals surface area contributed by atoms with Crippen LogP contribution in [0, 0.1) is 5.82 Å². The maximum atomic E-state index is 13.6. The van der Waals surface area contributed by atoms with Gasteiger partial charge in [-0.15, -0.1) is 0 Å². The lowest BCUT2D eigenvalue weighted by atomic mass is 9.94. The van der Waals surface area contributed by atoms with Crippen molar-refractivity contribution in [3.05, 3.63) is 34.6 Å². The van der Waals surface area contributed by atoms with Crippen LogP contribution in [0.4, 0.5) is 4.39 Å². The van der Waals surface area contributed by atoms with E-state index >= 15 is 0 Å². The number of hydrogen-bond donors (Lipinski definition) is 1. The molecule has 1 aromatic rings. The fourth-order valence-electron chi connectivity index (χ4n) is 3.58. The Morgan fingerprint density at radius 1 is 1.25 bits per heavy atom. The maximum absolute atomic E-state index is 13.6. The molecule has 0 saturated carbocycles. The molecule has 0 aliphatic carbocycles. The molecule has 0 radical (unpaired) electrons. The molecule has 2 saturated heterocycles. The van der Waals surface area contributed by atoms with Gasteiger partial charge in [-0.3, -0.25) is 4.90 Å². The largest absolute Gasteiger partial charge is 0.312 e. The lowest BCUT2D eigenvalue weighted by Gasteiger charge is -2.39. The molecule has 2 nitrogen and oxygen atoms in total. The van der Waals surface area contributed by atoms with Crippen molar-refractivity contribution in [1.29, 1.82) is 0 Å². The van der Waals surface area contributed by atoms with Gasteiger partial charge in [0, 0.05) is 18.6 Å². The van der Waals surface area contributed by atoms with Crippen molar-refractivity contribution in [2.24, 2.45) is 0 Å². The van der Waals surface area contributed by atoms with E-state index in [2.05, 4.69) is 10.2 Å². The van der Waals surface area contributed by atoms with Crippen LogP contribution in [0.5, 0.6) is 0 Å². The van der Waals surface area contributed by atoms with Crippen LogP contribution in [0.1, 0.15) is 37.7 Å². The molecular weight excluding hydrogens is 275 g/mol. The summed E-state index contributed by atoms with van der Waals surface area (Å²) in [5.74, 6) is -0.309. The maximum Gasteiger partial charge on any atom is 0.142 e. The molecule has 2 aliphatic heterocycles. The van der Waals surface area contributed by atoms with Gasteiger partial charge in [-0.1, -0.05) is 24.1 Å². The van der Waals surface area contributed by atoms with E-state index in [1.807, 2.05) is 6.07 Å². The fourth-order valence-corrected chi connectivity index (χ4v) is 3.70. The van der Waals surface area contributed by atoms with Crippen molar-refractivity contribution in [3.8, 4) is 0 Å². The van der Waals surface area contributed by atoms with Crippen molar-refractivity contribution in [1.82, 2.24) is 10.2 Å². The topological polar surface area (TPSA) is 15.3 Å². The quantitative estimate of drug-likeness (QED) is 0.917. The van der Waals surface area contributed by atoms with E-state index in [0.717, 1.165) is 25.2 Å². The van der Waals surface area contributed by atoms with Crippen molar-refractivity contribution >= 4 is 11.6 Å². The summed E-state index contributed by atoms with van der Waals surface area (Å²) in [5.41, 5.74) is 1.02. The van der Waals surface area contributed by atoms with Crippen LogP contribution < -0.4 is 5.32 Å². The van der Waals surface area contributed by atoms with Gasteiger partial charge in [0.1, 0.15) is 5.82 Å². The Labute approximate surface area is 125 Å². The van der Waals surface area contributed by atoms with E-state index in [0.29, 0.717) is 12.1 Å². The Morgan fingerprint density at radius 2 is 2.15 bits per heavy atom. The lowest BCUT2D eigenvalue weighted by Crippen LogP contribution is -2.49. The Morgan fingerprint density at radius 3 is 2.90 bits per heavy atom. The molecule has 0 aromatic heterocycles. The molecule has 110 valence electrons. The Kier molecular flexibility index (Phi) is 4.59. The molecule has 3 rings (SSSR count). The Bertz CT molecular complexity index is 460. The van der Waals surface area contributed by atoms with Crippen molar-refractivity contribution in [2.45, 2.75) is 50.7 Å². The normalized spacial score (nSPS) is 27.9. The number of nitrogens with zero attached hydrogens (tertiary/aromatic N) is 1. The van der Waals surface area contributed by atoms with Gasteiger partial charge in [-0.2, -0.15) is 0 Å². The minimum absolute atomic E-state index is 0.210. The first kappa shape index (κ1) is 14.3. The average molecular weight is 297 g/mol. The molecule has 2 aliphatic rings. The van der Waals surface area contributed by atoms with Crippen molar-refractivity contribution in [3.63, 3.8) is 0 Å². The number of benzene rings is 1. The predicted octanol–water partition coefficient (Wildman–Crippen LogP) is 3.59. The first-order valence-electron chi connectivity index (χ1n) is 7.65. The van der Waals surface area contributed by atoms with Gasteiger partial charge < -0.3 is 5.32 Å². The molecule has 0 bridgehead atoms. The van der Waals surface area contributed by atoms with Gasteiger partial charge in [-0.05, 0) is 56.5 Å². The van der Waals surface area contributed by atoms with Gasteiger partial charge in [0.15, 0.2) is 0 Å². The van der Waals surface area contributed by atoms with E-state index < -0.39 is 0 Å². The molecule has 1 N–H and O–H groups in total. The minimum atomic E-state index is -0.309. The van der Waals surface area contributed by atoms with E-state index in [9.17, 15) is 4.39 Å². The third-order valence-electron chi connectivity index (χ3n) is 4.60. The lowest BCUT2D eigenvalue weighted by molar-refractivity contribution is 0.112.